The van der Waals surface area contributed by atoms with Crippen molar-refractivity contribution in [2.24, 2.45) is 0 Å². The van der Waals surface area contributed by atoms with Gasteiger partial charge in [-0.25, -0.2) is 0 Å². The van der Waals surface area contributed by atoms with E-state index >= 15 is 0 Å². The molecule has 1 rings (SSSR count). The highest BCUT2D eigenvalue weighted by Gasteiger charge is 2.16. The number of amides is 1. The molecule has 1 amide bonds. The van der Waals surface area contributed by atoms with Gasteiger partial charge in [-0.05, 0) is 46.6 Å². The number of hydrogen-bond acceptors (Lipinski definition) is 3. The Morgan fingerprint density at radius 3 is 2.76 bits per heavy atom. The topological polar surface area (TPSA) is 50.4 Å². The van der Waals surface area contributed by atoms with Crippen LogP contribution in [0.15, 0.2) is 0 Å². The predicted molar refractivity (Wildman–Crippen MR) is 69.0 cm³/mol. The number of hydrogen-bond donors (Lipinski definition) is 2. The summed E-state index contributed by atoms with van der Waals surface area (Å²) in [6.45, 7) is 7.50. The van der Waals surface area contributed by atoms with E-state index in [1.54, 1.807) is 0 Å². The molecule has 2 unspecified atom stereocenters. The van der Waals surface area contributed by atoms with Crippen molar-refractivity contribution in [2.75, 3.05) is 13.2 Å². The maximum absolute atomic E-state index is 11.6. The number of rotatable bonds is 6. The molecule has 17 heavy (non-hydrogen) atoms. The standard InChI is InChI=1S/C13H26N2O2/c1-10(2)15-13(16)11(3)17-9-7-12-6-4-5-8-14-12/h10-12,14H,4-9H2,1-3H3,(H,15,16). The molecule has 1 fully saturated rings. The van der Waals surface area contributed by atoms with Crippen molar-refractivity contribution in [3.63, 3.8) is 0 Å². The molecule has 0 aromatic rings. The Labute approximate surface area is 104 Å². The molecular formula is C13H26N2O2. The Bertz CT molecular complexity index is 225. The van der Waals surface area contributed by atoms with Crippen molar-refractivity contribution >= 4 is 5.91 Å². The fraction of sp³-hybridized carbons (Fsp3) is 0.923. The van der Waals surface area contributed by atoms with Crippen LogP contribution in [0.25, 0.3) is 0 Å². The third kappa shape index (κ3) is 6.03. The third-order valence-electron chi connectivity index (χ3n) is 3.05. The number of carbonyl (C=O) groups is 1. The van der Waals surface area contributed by atoms with Crippen LogP contribution in [0.3, 0.4) is 0 Å². The van der Waals surface area contributed by atoms with Gasteiger partial charge in [-0.15, -0.1) is 0 Å². The van der Waals surface area contributed by atoms with Crippen LogP contribution in [0.1, 0.15) is 46.5 Å². The second kappa shape index (κ2) is 7.67. The smallest absolute Gasteiger partial charge is 0.249 e. The van der Waals surface area contributed by atoms with Crippen LogP contribution in [0.5, 0.6) is 0 Å². The molecule has 0 spiro atoms. The van der Waals surface area contributed by atoms with Crippen LogP contribution in [0, 0.1) is 0 Å². The van der Waals surface area contributed by atoms with E-state index in [1.165, 1.54) is 19.3 Å². The molecule has 0 radical (unpaired) electrons. The molecule has 0 aromatic carbocycles. The number of carbonyl (C=O) groups excluding carboxylic acids is 1. The number of nitrogens with one attached hydrogen (secondary N) is 2. The number of ether oxygens (including phenoxy) is 1. The van der Waals surface area contributed by atoms with Gasteiger partial charge in [0.05, 0.1) is 0 Å². The summed E-state index contributed by atoms with van der Waals surface area (Å²) in [5, 5.41) is 6.33. The van der Waals surface area contributed by atoms with Crippen LogP contribution >= 0.6 is 0 Å². The van der Waals surface area contributed by atoms with Crippen molar-refractivity contribution in [3.8, 4) is 0 Å². The van der Waals surface area contributed by atoms with E-state index < -0.39 is 0 Å². The largest absolute Gasteiger partial charge is 0.369 e. The van der Waals surface area contributed by atoms with Gasteiger partial charge in [-0.2, -0.15) is 0 Å². The van der Waals surface area contributed by atoms with Gasteiger partial charge in [0.15, 0.2) is 0 Å². The van der Waals surface area contributed by atoms with E-state index in [4.69, 9.17) is 4.74 Å². The molecule has 1 aliphatic rings. The van der Waals surface area contributed by atoms with Gasteiger partial charge in [0.2, 0.25) is 5.91 Å². The van der Waals surface area contributed by atoms with Gasteiger partial charge in [0, 0.05) is 18.7 Å². The molecule has 1 aliphatic heterocycles. The summed E-state index contributed by atoms with van der Waals surface area (Å²) in [7, 11) is 0. The molecule has 100 valence electrons. The van der Waals surface area contributed by atoms with E-state index in [2.05, 4.69) is 10.6 Å². The van der Waals surface area contributed by atoms with E-state index in [0.717, 1.165) is 13.0 Å². The average Bonchev–Trinajstić information content (AvgIpc) is 2.29. The summed E-state index contributed by atoms with van der Waals surface area (Å²) in [5.41, 5.74) is 0. The summed E-state index contributed by atoms with van der Waals surface area (Å²) in [6, 6.07) is 0.748. The van der Waals surface area contributed by atoms with E-state index in [-0.39, 0.29) is 18.1 Å². The summed E-state index contributed by atoms with van der Waals surface area (Å²) in [4.78, 5) is 11.6. The molecule has 4 nitrogen and oxygen atoms in total. The van der Waals surface area contributed by atoms with Gasteiger partial charge in [-0.3, -0.25) is 4.79 Å². The lowest BCUT2D eigenvalue weighted by Gasteiger charge is -2.24. The Morgan fingerprint density at radius 2 is 2.18 bits per heavy atom. The van der Waals surface area contributed by atoms with Crippen molar-refractivity contribution in [2.45, 2.75) is 64.6 Å². The van der Waals surface area contributed by atoms with E-state index in [0.29, 0.717) is 12.6 Å². The second-order valence-electron chi connectivity index (χ2n) is 5.11. The maximum atomic E-state index is 11.6. The summed E-state index contributed by atoms with van der Waals surface area (Å²) < 4.78 is 5.56. The first-order chi connectivity index (χ1) is 8.09. The van der Waals surface area contributed by atoms with E-state index in [9.17, 15) is 4.79 Å². The molecule has 1 heterocycles. The van der Waals surface area contributed by atoms with Gasteiger partial charge in [-0.1, -0.05) is 6.42 Å². The SMILES string of the molecule is CC(C)NC(=O)C(C)OCCC1CCCCN1. The van der Waals surface area contributed by atoms with Crippen LogP contribution in [0.4, 0.5) is 0 Å². The van der Waals surface area contributed by atoms with Crippen LogP contribution in [-0.2, 0) is 9.53 Å². The Kier molecular flexibility index (Phi) is 6.52. The lowest BCUT2D eigenvalue weighted by molar-refractivity contribution is -0.132. The zero-order chi connectivity index (χ0) is 12.7. The molecule has 0 aromatic heterocycles. The average molecular weight is 242 g/mol. The molecule has 0 aliphatic carbocycles. The minimum absolute atomic E-state index is 0.0170. The first-order valence-electron chi connectivity index (χ1n) is 6.75. The normalized spacial score (nSPS) is 22.5. The van der Waals surface area contributed by atoms with Crippen molar-refractivity contribution < 1.29 is 9.53 Å². The first-order valence-corrected chi connectivity index (χ1v) is 6.75. The lowest BCUT2D eigenvalue weighted by atomic mass is 10.0. The summed E-state index contributed by atoms with van der Waals surface area (Å²) in [6.07, 6.45) is 4.47. The number of piperidine rings is 1. The predicted octanol–water partition coefficient (Wildman–Crippen LogP) is 1.45. The van der Waals surface area contributed by atoms with Crippen molar-refractivity contribution in [1.82, 2.24) is 10.6 Å². The van der Waals surface area contributed by atoms with Crippen LogP contribution in [-0.4, -0.2) is 37.2 Å². The van der Waals surface area contributed by atoms with Crippen LogP contribution < -0.4 is 10.6 Å². The van der Waals surface area contributed by atoms with Gasteiger partial charge in [0.25, 0.3) is 0 Å². The third-order valence-corrected chi connectivity index (χ3v) is 3.05. The quantitative estimate of drug-likeness (QED) is 0.741. The molecule has 0 bridgehead atoms. The first kappa shape index (κ1) is 14.5. The van der Waals surface area contributed by atoms with Gasteiger partial charge >= 0.3 is 0 Å². The molecule has 0 saturated carbocycles. The fourth-order valence-corrected chi connectivity index (χ4v) is 2.04. The maximum Gasteiger partial charge on any atom is 0.249 e. The van der Waals surface area contributed by atoms with Gasteiger partial charge < -0.3 is 15.4 Å². The highest BCUT2D eigenvalue weighted by molar-refractivity contribution is 5.80. The Hall–Kier alpha value is -0.610. The molecule has 2 N–H and O–H groups in total. The zero-order valence-electron chi connectivity index (χ0n) is 11.3. The monoisotopic (exact) mass is 242 g/mol. The summed E-state index contributed by atoms with van der Waals surface area (Å²) in [5.74, 6) is -0.0170. The fourth-order valence-electron chi connectivity index (χ4n) is 2.04. The van der Waals surface area contributed by atoms with Crippen molar-refractivity contribution in [1.29, 1.82) is 0 Å². The highest BCUT2D eigenvalue weighted by atomic mass is 16.5. The second-order valence-corrected chi connectivity index (χ2v) is 5.11. The summed E-state index contributed by atoms with van der Waals surface area (Å²) >= 11 is 0. The molecule has 4 heteroatoms. The van der Waals surface area contributed by atoms with Crippen LogP contribution in [0.2, 0.25) is 0 Å². The Morgan fingerprint density at radius 1 is 1.41 bits per heavy atom. The molecular weight excluding hydrogens is 216 g/mol. The minimum Gasteiger partial charge on any atom is -0.369 e. The van der Waals surface area contributed by atoms with Gasteiger partial charge in [0.1, 0.15) is 6.10 Å². The molecule has 1 saturated heterocycles. The van der Waals surface area contributed by atoms with E-state index in [1.807, 2.05) is 20.8 Å². The zero-order valence-corrected chi connectivity index (χ0v) is 11.3. The minimum atomic E-state index is -0.346. The Balaban J connectivity index is 2.10. The highest BCUT2D eigenvalue weighted by Crippen LogP contribution is 2.10. The van der Waals surface area contributed by atoms with Crippen molar-refractivity contribution in [3.05, 3.63) is 0 Å². The lowest BCUT2D eigenvalue weighted by Crippen LogP contribution is -2.39. The molecule has 2 atom stereocenters.